The Morgan fingerprint density at radius 3 is 2.85 bits per heavy atom. The van der Waals surface area contributed by atoms with E-state index in [0.717, 1.165) is 11.4 Å². The molecular formula is C13H17N3O2S2. The molecule has 0 atom stereocenters. The zero-order chi connectivity index (χ0) is 14.6. The first-order valence-electron chi connectivity index (χ1n) is 6.26. The van der Waals surface area contributed by atoms with Crippen molar-refractivity contribution < 1.29 is 8.42 Å². The van der Waals surface area contributed by atoms with Crippen molar-refractivity contribution >= 4 is 27.0 Å². The van der Waals surface area contributed by atoms with E-state index in [4.69, 9.17) is 0 Å². The van der Waals surface area contributed by atoms with Gasteiger partial charge in [-0.3, -0.25) is 9.71 Å². The van der Waals surface area contributed by atoms with Crippen LogP contribution in [0.1, 0.15) is 17.5 Å². The average molecular weight is 311 g/mol. The van der Waals surface area contributed by atoms with E-state index in [1.165, 1.54) is 11.3 Å². The van der Waals surface area contributed by atoms with E-state index in [1.54, 1.807) is 36.7 Å². The lowest BCUT2D eigenvalue weighted by atomic mass is 10.3. The Balaban J connectivity index is 2.27. The van der Waals surface area contributed by atoms with Crippen LogP contribution in [0.5, 0.6) is 0 Å². The largest absolute Gasteiger partial charge is 0.312 e. The summed E-state index contributed by atoms with van der Waals surface area (Å²) in [6, 6.07) is 5.04. The van der Waals surface area contributed by atoms with Crippen LogP contribution in [0.25, 0.3) is 0 Å². The van der Waals surface area contributed by atoms with Crippen molar-refractivity contribution in [2.24, 2.45) is 0 Å². The van der Waals surface area contributed by atoms with Crippen LogP contribution in [0.15, 0.2) is 34.7 Å². The average Bonchev–Trinajstić information content (AvgIpc) is 2.88. The van der Waals surface area contributed by atoms with Crippen LogP contribution in [-0.2, 0) is 16.6 Å². The number of sulfonamides is 1. The summed E-state index contributed by atoms with van der Waals surface area (Å²) < 4.78 is 27.5. The third-order valence-electron chi connectivity index (χ3n) is 2.78. The number of anilines is 1. The number of aryl methyl sites for hydroxylation is 1. The highest BCUT2D eigenvalue weighted by molar-refractivity contribution is 7.93. The number of rotatable bonds is 6. The van der Waals surface area contributed by atoms with E-state index >= 15 is 0 Å². The molecule has 0 fully saturated rings. The molecular weight excluding hydrogens is 294 g/mol. The van der Waals surface area contributed by atoms with Crippen LogP contribution in [0.2, 0.25) is 0 Å². The molecule has 0 bridgehead atoms. The summed E-state index contributed by atoms with van der Waals surface area (Å²) in [5.41, 5.74) is 1.16. The van der Waals surface area contributed by atoms with Crippen LogP contribution in [0, 0.1) is 6.92 Å². The highest BCUT2D eigenvalue weighted by Crippen LogP contribution is 2.25. The second-order valence-corrected chi connectivity index (χ2v) is 6.88. The fraction of sp³-hybridized carbons (Fsp3) is 0.308. The molecule has 0 radical (unpaired) electrons. The minimum Gasteiger partial charge on any atom is -0.312 e. The number of thiophene rings is 1. The minimum absolute atomic E-state index is 0.326. The lowest BCUT2D eigenvalue weighted by Gasteiger charge is -2.10. The van der Waals surface area contributed by atoms with Crippen molar-refractivity contribution in [3.05, 3.63) is 40.3 Å². The molecule has 2 N–H and O–H groups in total. The lowest BCUT2D eigenvalue weighted by molar-refractivity contribution is 0.599. The predicted octanol–water partition coefficient (Wildman–Crippen LogP) is 2.36. The van der Waals surface area contributed by atoms with Gasteiger partial charge in [0.05, 0.1) is 11.4 Å². The van der Waals surface area contributed by atoms with E-state index in [-0.39, 0.29) is 0 Å². The molecule has 2 rings (SSSR count). The zero-order valence-electron chi connectivity index (χ0n) is 11.4. The van der Waals surface area contributed by atoms with Crippen LogP contribution in [0.4, 0.5) is 5.69 Å². The minimum atomic E-state index is -3.57. The Bertz CT molecular complexity index is 680. The number of hydrogen-bond donors (Lipinski definition) is 2. The van der Waals surface area contributed by atoms with E-state index in [0.29, 0.717) is 22.8 Å². The topological polar surface area (TPSA) is 71.1 Å². The predicted molar refractivity (Wildman–Crippen MR) is 81.5 cm³/mol. The molecule has 0 aliphatic heterocycles. The van der Waals surface area contributed by atoms with Crippen molar-refractivity contribution in [1.82, 2.24) is 10.3 Å². The highest BCUT2D eigenvalue weighted by Gasteiger charge is 2.20. The van der Waals surface area contributed by atoms with E-state index in [9.17, 15) is 8.42 Å². The normalized spacial score (nSPS) is 11.5. The van der Waals surface area contributed by atoms with Gasteiger partial charge in [-0.1, -0.05) is 6.92 Å². The van der Waals surface area contributed by atoms with Gasteiger partial charge in [0.2, 0.25) is 0 Å². The first-order chi connectivity index (χ1) is 9.54. The fourth-order valence-electron chi connectivity index (χ4n) is 1.73. The van der Waals surface area contributed by atoms with E-state index < -0.39 is 10.0 Å². The summed E-state index contributed by atoms with van der Waals surface area (Å²) in [4.78, 5) is 5.21. The van der Waals surface area contributed by atoms with Crippen molar-refractivity contribution in [3.63, 3.8) is 0 Å². The fourth-order valence-corrected chi connectivity index (χ4v) is 4.26. The van der Waals surface area contributed by atoms with Crippen molar-refractivity contribution in [2.75, 3.05) is 11.3 Å². The Morgan fingerprint density at radius 1 is 1.35 bits per heavy atom. The molecule has 20 heavy (non-hydrogen) atoms. The van der Waals surface area contributed by atoms with Gasteiger partial charge in [-0.05, 0) is 37.0 Å². The summed E-state index contributed by atoms with van der Waals surface area (Å²) in [6.07, 6.45) is 1.63. The van der Waals surface area contributed by atoms with Crippen molar-refractivity contribution in [1.29, 1.82) is 0 Å². The summed E-state index contributed by atoms with van der Waals surface area (Å²) in [5.74, 6) is 0. The number of aromatic nitrogens is 1. The van der Waals surface area contributed by atoms with Crippen LogP contribution >= 0.6 is 11.3 Å². The third kappa shape index (κ3) is 3.36. The Labute approximate surface area is 123 Å². The van der Waals surface area contributed by atoms with Gasteiger partial charge < -0.3 is 5.32 Å². The molecule has 0 amide bonds. The standard InChI is InChI=1S/C13H17N3O2S2/c1-3-14-9-12-13(6-8-19-12)20(17,18)16-11-5-4-7-15-10(11)2/h4-8,14,16H,3,9H2,1-2H3. The summed E-state index contributed by atoms with van der Waals surface area (Å²) in [7, 11) is -3.57. The Morgan fingerprint density at radius 2 is 2.15 bits per heavy atom. The lowest BCUT2D eigenvalue weighted by Crippen LogP contribution is -2.17. The number of nitrogens with zero attached hydrogens (tertiary/aromatic N) is 1. The van der Waals surface area contributed by atoms with Gasteiger partial charge >= 0.3 is 0 Å². The molecule has 7 heteroatoms. The second-order valence-electron chi connectivity index (χ2n) is 4.23. The van der Waals surface area contributed by atoms with Gasteiger partial charge in [-0.15, -0.1) is 11.3 Å². The summed E-state index contributed by atoms with van der Waals surface area (Å²) >= 11 is 1.43. The van der Waals surface area contributed by atoms with Gasteiger partial charge in [0.15, 0.2) is 0 Å². The second kappa shape index (κ2) is 6.34. The van der Waals surface area contributed by atoms with Crippen molar-refractivity contribution in [2.45, 2.75) is 25.3 Å². The maximum atomic E-state index is 12.4. The van der Waals surface area contributed by atoms with Crippen LogP contribution in [0.3, 0.4) is 0 Å². The zero-order valence-corrected chi connectivity index (χ0v) is 13.0. The summed E-state index contributed by atoms with van der Waals surface area (Å²) in [5, 5.41) is 4.93. The molecule has 5 nitrogen and oxygen atoms in total. The van der Waals surface area contributed by atoms with Crippen molar-refractivity contribution in [3.8, 4) is 0 Å². The van der Waals surface area contributed by atoms with Gasteiger partial charge in [-0.2, -0.15) is 0 Å². The van der Waals surface area contributed by atoms with Gasteiger partial charge in [-0.25, -0.2) is 8.42 Å². The molecule has 0 saturated heterocycles. The Kier molecular flexibility index (Phi) is 4.74. The third-order valence-corrected chi connectivity index (χ3v) is 5.28. The first-order valence-corrected chi connectivity index (χ1v) is 8.62. The molecule has 0 aliphatic carbocycles. The van der Waals surface area contributed by atoms with Crippen LogP contribution < -0.4 is 10.0 Å². The molecule has 0 spiro atoms. The molecule has 0 aliphatic rings. The smallest absolute Gasteiger partial charge is 0.263 e. The monoisotopic (exact) mass is 311 g/mol. The highest BCUT2D eigenvalue weighted by atomic mass is 32.2. The first kappa shape index (κ1) is 15.0. The maximum Gasteiger partial charge on any atom is 0.263 e. The number of pyridine rings is 1. The molecule has 2 aromatic heterocycles. The van der Waals surface area contributed by atoms with E-state index in [2.05, 4.69) is 15.0 Å². The molecule has 108 valence electrons. The SMILES string of the molecule is CCNCc1sccc1S(=O)(=O)Nc1cccnc1C. The van der Waals surface area contributed by atoms with Gasteiger partial charge in [0, 0.05) is 17.6 Å². The quantitative estimate of drug-likeness (QED) is 0.859. The molecule has 2 aromatic rings. The van der Waals surface area contributed by atoms with Crippen LogP contribution in [-0.4, -0.2) is 19.9 Å². The molecule has 0 saturated carbocycles. The number of nitrogens with one attached hydrogen (secondary N) is 2. The Hall–Kier alpha value is -1.44. The molecule has 0 aromatic carbocycles. The molecule has 0 unspecified atom stereocenters. The maximum absolute atomic E-state index is 12.4. The van der Waals surface area contributed by atoms with E-state index in [1.807, 2.05) is 6.92 Å². The summed E-state index contributed by atoms with van der Waals surface area (Å²) in [6.45, 7) is 5.10. The number of hydrogen-bond acceptors (Lipinski definition) is 5. The molecule has 2 heterocycles. The van der Waals surface area contributed by atoms with Gasteiger partial charge in [0.25, 0.3) is 10.0 Å². The van der Waals surface area contributed by atoms with Gasteiger partial charge in [0.1, 0.15) is 4.90 Å².